The number of rotatable bonds is 3. The lowest BCUT2D eigenvalue weighted by Gasteiger charge is -2.40. The van der Waals surface area contributed by atoms with E-state index in [-0.39, 0.29) is 0 Å². The Labute approximate surface area is 93.5 Å². The third kappa shape index (κ3) is 6.45. The van der Waals surface area contributed by atoms with Crippen LogP contribution in [0.5, 0.6) is 0 Å². The highest BCUT2D eigenvalue weighted by atomic mass is 14.4. The van der Waals surface area contributed by atoms with E-state index >= 15 is 0 Å². The van der Waals surface area contributed by atoms with Crippen molar-refractivity contribution in [3.63, 3.8) is 0 Å². The van der Waals surface area contributed by atoms with Gasteiger partial charge in [-0.15, -0.1) is 0 Å². The van der Waals surface area contributed by atoms with Gasteiger partial charge in [-0.1, -0.05) is 82.1 Å². The van der Waals surface area contributed by atoms with Crippen LogP contribution in [0.2, 0.25) is 0 Å². The molecule has 0 heteroatoms. The molecular formula is C14H34. The smallest absolute Gasteiger partial charge is 0.0306 e. The molecule has 0 fully saturated rings. The summed E-state index contributed by atoms with van der Waals surface area (Å²) in [6, 6.07) is 0. The molecule has 0 N–H and O–H groups in total. The van der Waals surface area contributed by atoms with Crippen LogP contribution in [-0.4, -0.2) is 0 Å². The van der Waals surface area contributed by atoms with E-state index in [1.54, 1.807) is 0 Å². The predicted octanol–water partition coefficient (Wildman–Crippen LogP) is 5.91. The third-order valence-electron chi connectivity index (χ3n) is 3.60. The minimum Gasteiger partial charge on any atom is -0.0683 e. The highest BCUT2D eigenvalue weighted by molar-refractivity contribution is 4.83. The Bertz CT molecular complexity index is 84.6. The maximum atomic E-state index is 2.36. The van der Waals surface area contributed by atoms with Crippen LogP contribution in [0.1, 0.15) is 82.1 Å². The molecule has 0 nitrogen and oxygen atoms in total. The highest BCUT2D eigenvalue weighted by Gasteiger charge is 2.33. The quantitative estimate of drug-likeness (QED) is 0.533. The molecule has 0 radical (unpaired) electrons. The molecule has 0 saturated carbocycles. The second-order valence-corrected chi connectivity index (χ2v) is 4.47. The fourth-order valence-electron chi connectivity index (χ4n) is 0.957. The molecule has 0 bridgehead atoms. The molecule has 90 valence electrons. The minimum atomic E-state index is 0.488. The van der Waals surface area contributed by atoms with Crippen LogP contribution in [0.25, 0.3) is 0 Å². The molecule has 0 aliphatic carbocycles. The summed E-state index contributed by atoms with van der Waals surface area (Å²) in [6.45, 7) is 22.0. The normalized spacial score (nSPS) is 10.7. The Kier molecular flexibility index (Phi) is 13.3. The van der Waals surface area contributed by atoms with Crippen molar-refractivity contribution < 1.29 is 0 Å². The summed E-state index contributed by atoms with van der Waals surface area (Å²) in [5.74, 6) is 0. The Morgan fingerprint density at radius 3 is 0.786 bits per heavy atom. The lowest BCUT2D eigenvalue weighted by molar-refractivity contribution is 0.0998. The summed E-state index contributed by atoms with van der Waals surface area (Å²) in [4.78, 5) is 0. The van der Waals surface area contributed by atoms with E-state index in [0.29, 0.717) is 10.8 Å². The van der Waals surface area contributed by atoms with Crippen molar-refractivity contribution in [2.45, 2.75) is 82.1 Å². The van der Waals surface area contributed by atoms with Crippen molar-refractivity contribution in [3.05, 3.63) is 0 Å². The lowest BCUT2D eigenvalue weighted by Crippen LogP contribution is -2.30. The molecule has 0 unspecified atom stereocenters. The maximum Gasteiger partial charge on any atom is -0.0306 e. The molecular weight excluding hydrogens is 168 g/mol. The van der Waals surface area contributed by atoms with Gasteiger partial charge in [0.15, 0.2) is 0 Å². The first-order valence-corrected chi connectivity index (χ1v) is 6.37. The standard InChI is InChI=1S/C10H22.2C2H6/c1-7-9(3,4)10(5,6)8-2;2*1-2/h7-8H2,1-6H3;2*1-2H3. The average Bonchev–Trinajstić information content (AvgIpc) is 2.23. The third-order valence-corrected chi connectivity index (χ3v) is 3.60. The van der Waals surface area contributed by atoms with Crippen LogP contribution in [0.15, 0.2) is 0 Å². The first-order chi connectivity index (χ1) is 6.37. The Hall–Kier alpha value is 0. The largest absolute Gasteiger partial charge is 0.0683 e. The van der Waals surface area contributed by atoms with Crippen molar-refractivity contribution in [2.75, 3.05) is 0 Å². The van der Waals surface area contributed by atoms with Crippen LogP contribution in [0.4, 0.5) is 0 Å². The molecule has 0 aromatic heterocycles. The zero-order chi connectivity index (χ0) is 12.4. The molecule has 0 aliphatic heterocycles. The van der Waals surface area contributed by atoms with Gasteiger partial charge in [0, 0.05) is 0 Å². The summed E-state index contributed by atoms with van der Waals surface area (Å²) in [5.41, 5.74) is 0.976. The zero-order valence-electron chi connectivity index (χ0n) is 12.4. The summed E-state index contributed by atoms with van der Waals surface area (Å²) in [6.07, 6.45) is 2.54. The van der Waals surface area contributed by atoms with Crippen molar-refractivity contribution in [3.8, 4) is 0 Å². The van der Waals surface area contributed by atoms with Gasteiger partial charge in [-0.05, 0) is 10.8 Å². The van der Waals surface area contributed by atoms with E-state index in [1.165, 1.54) is 12.8 Å². The molecule has 0 heterocycles. The summed E-state index contributed by atoms with van der Waals surface area (Å²) in [5, 5.41) is 0. The topological polar surface area (TPSA) is 0 Å². The van der Waals surface area contributed by atoms with Crippen LogP contribution < -0.4 is 0 Å². The SMILES string of the molecule is CC.CC.CCC(C)(C)C(C)(C)CC. The van der Waals surface area contributed by atoms with Gasteiger partial charge in [0.05, 0.1) is 0 Å². The summed E-state index contributed by atoms with van der Waals surface area (Å²) < 4.78 is 0. The molecule has 14 heavy (non-hydrogen) atoms. The number of hydrogen-bond donors (Lipinski definition) is 0. The minimum absolute atomic E-state index is 0.488. The van der Waals surface area contributed by atoms with Gasteiger partial charge in [-0.25, -0.2) is 0 Å². The van der Waals surface area contributed by atoms with Gasteiger partial charge >= 0.3 is 0 Å². The molecule has 0 spiro atoms. The molecule has 0 saturated heterocycles. The van der Waals surface area contributed by atoms with Gasteiger partial charge < -0.3 is 0 Å². The zero-order valence-corrected chi connectivity index (χ0v) is 12.4. The molecule has 0 amide bonds. The van der Waals surface area contributed by atoms with Crippen molar-refractivity contribution in [1.29, 1.82) is 0 Å². The van der Waals surface area contributed by atoms with Crippen molar-refractivity contribution in [1.82, 2.24) is 0 Å². The van der Waals surface area contributed by atoms with Crippen LogP contribution in [-0.2, 0) is 0 Å². The Balaban J connectivity index is -0.000000266. The van der Waals surface area contributed by atoms with E-state index in [9.17, 15) is 0 Å². The molecule has 0 aliphatic rings. The monoisotopic (exact) mass is 202 g/mol. The van der Waals surface area contributed by atoms with Gasteiger partial charge in [0.1, 0.15) is 0 Å². The lowest BCUT2D eigenvalue weighted by atomic mass is 9.65. The van der Waals surface area contributed by atoms with Crippen molar-refractivity contribution in [2.24, 2.45) is 10.8 Å². The first-order valence-electron chi connectivity index (χ1n) is 6.37. The summed E-state index contributed by atoms with van der Waals surface area (Å²) in [7, 11) is 0. The number of hydrogen-bond acceptors (Lipinski definition) is 0. The molecule has 0 rings (SSSR count). The Morgan fingerprint density at radius 1 is 0.571 bits per heavy atom. The van der Waals surface area contributed by atoms with Crippen LogP contribution in [0.3, 0.4) is 0 Å². The fraction of sp³-hybridized carbons (Fsp3) is 1.00. The van der Waals surface area contributed by atoms with E-state index < -0.39 is 0 Å². The second kappa shape index (κ2) is 9.55. The van der Waals surface area contributed by atoms with E-state index in [0.717, 1.165) is 0 Å². The van der Waals surface area contributed by atoms with Gasteiger partial charge in [-0.2, -0.15) is 0 Å². The molecule has 0 atom stereocenters. The fourth-order valence-corrected chi connectivity index (χ4v) is 0.957. The van der Waals surface area contributed by atoms with E-state index in [2.05, 4.69) is 41.5 Å². The van der Waals surface area contributed by atoms with Gasteiger partial charge in [-0.3, -0.25) is 0 Å². The van der Waals surface area contributed by atoms with Gasteiger partial charge in [0.2, 0.25) is 0 Å². The predicted molar refractivity (Wildman–Crippen MR) is 70.8 cm³/mol. The first kappa shape index (κ1) is 19.6. The van der Waals surface area contributed by atoms with Crippen molar-refractivity contribution >= 4 is 0 Å². The van der Waals surface area contributed by atoms with Crippen LogP contribution >= 0.6 is 0 Å². The van der Waals surface area contributed by atoms with Gasteiger partial charge in [0.25, 0.3) is 0 Å². The second-order valence-electron chi connectivity index (χ2n) is 4.47. The molecule has 0 aromatic carbocycles. The van der Waals surface area contributed by atoms with E-state index in [4.69, 9.17) is 0 Å². The average molecular weight is 202 g/mol. The highest BCUT2D eigenvalue weighted by Crippen LogP contribution is 2.43. The van der Waals surface area contributed by atoms with E-state index in [1.807, 2.05) is 27.7 Å². The summed E-state index contributed by atoms with van der Waals surface area (Å²) >= 11 is 0. The molecule has 0 aromatic rings. The van der Waals surface area contributed by atoms with Crippen LogP contribution in [0, 0.1) is 10.8 Å². The Morgan fingerprint density at radius 2 is 0.714 bits per heavy atom. The maximum absolute atomic E-state index is 2.36.